The molecule has 2 bridgehead atoms. The summed E-state index contributed by atoms with van der Waals surface area (Å²) in [5, 5.41) is 0. The van der Waals surface area contributed by atoms with Gasteiger partial charge < -0.3 is 10.6 Å². The Morgan fingerprint density at radius 3 is 2.74 bits per heavy atom. The highest BCUT2D eigenvalue weighted by Crippen LogP contribution is 2.28. The molecule has 2 fully saturated rings. The largest absolute Gasteiger partial charge is 0.341 e. The minimum absolute atomic E-state index is 0.352. The van der Waals surface area contributed by atoms with Gasteiger partial charge in [0.15, 0.2) is 0 Å². The van der Waals surface area contributed by atoms with Crippen molar-refractivity contribution < 1.29 is 4.79 Å². The number of hydrogen-bond acceptors (Lipinski definition) is 3. The molecule has 2 aliphatic rings. The molecule has 0 aromatic heterocycles. The van der Waals surface area contributed by atoms with Crippen LogP contribution in [-0.4, -0.2) is 54.5 Å². The molecule has 0 radical (unpaired) electrons. The Morgan fingerprint density at radius 1 is 1.26 bits per heavy atom. The summed E-state index contributed by atoms with van der Waals surface area (Å²) in [7, 11) is 2.22. The van der Waals surface area contributed by atoms with Gasteiger partial charge in [-0.05, 0) is 51.6 Å². The zero-order valence-corrected chi connectivity index (χ0v) is 12.5. The Morgan fingerprint density at radius 2 is 2.00 bits per heavy atom. The average molecular weight is 267 g/mol. The van der Waals surface area contributed by atoms with Crippen LogP contribution >= 0.6 is 0 Å². The number of hydrogen-bond donors (Lipinski definition) is 1. The van der Waals surface area contributed by atoms with Gasteiger partial charge in [0.2, 0.25) is 5.91 Å². The smallest absolute Gasteiger partial charge is 0.222 e. The minimum Gasteiger partial charge on any atom is -0.341 e. The lowest BCUT2D eigenvalue weighted by atomic mass is 10.0. The first-order valence-corrected chi connectivity index (χ1v) is 7.81. The fourth-order valence-corrected chi connectivity index (χ4v) is 3.49. The third-order valence-electron chi connectivity index (χ3n) is 5.01. The third kappa shape index (κ3) is 3.69. The Labute approximate surface area is 117 Å². The molecular weight excluding hydrogens is 238 g/mol. The molecule has 110 valence electrons. The molecule has 2 aliphatic heterocycles. The number of rotatable bonds is 5. The molecule has 0 saturated carbocycles. The second-order valence-corrected chi connectivity index (χ2v) is 6.40. The standard InChI is InChI=1S/C15H29N3O/c1-12(7-9-16)3-6-15(19)18-10-8-13-4-5-14(11-18)17(13)2/h12-14H,3-11,16H2,1-2H3. The van der Waals surface area contributed by atoms with Crippen LogP contribution in [0.4, 0.5) is 0 Å². The van der Waals surface area contributed by atoms with Crippen LogP contribution < -0.4 is 5.73 Å². The first-order valence-electron chi connectivity index (χ1n) is 7.81. The van der Waals surface area contributed by atoms with E-state index in [2.05, 4.69) is 23.8 Å². The Hall–Kier alpha value is -0.610. The van der Waals surface area contributed by atoms with Crippen LogP contribution in [0.2, 0.25) is 0 Å². The average Bonchev–Trinajstić information content (AvgIpc) is 2.61. The van der Waals surface area contributed by atoms with Crippen molar-refractivity contribution in [3.05, 3.63) is 0 Å². The van der Waals surface area contributed by atoms with Crippen molar-refractivity contribution in [2.75, 3.05) is 26.7 Å². The van der Waals surface area contributed by atoms with Crippen molar-refractivity contribution in [2.45, 2.75) is 57.5 Å². The molecule has 4 nitrogen and oxygen atoms in total. The number of nitrogens with two attached hydrogens (primary N) is 1. The van der Waals surface area contributed by atoms with Gasteiger partial charge in [0, 0.05) is 31.6 Å². The maximum Gasteiger partial charge on any atom is 0.222 e. The summed E-state index contributed by atoms with van der Waals surface area (Å²) in [5.41, 5.74) is 5.55. The van der Waals surface area contributed by atoms with Gasteiger partial charge in [-0.1, -0.05) is 6.92 Å². The van der Waals surface area contributed by atoms with Crippen LogP contribution in [0.15, 0.2) is 0 Å². The van der Waals surface area contributed by atoms with E-state index in [4.69, 9.17) is 5.73 Å². The molecule has 4 heteroatoms. The Bertz CT molecular complexity index is 308. The zero-order chi connectivity index (χ0) is 13.8. The zero-order valence-electron chi connectivity index (χ0n) is 12.5. The molecule has 2 rings (SSSR count). The third-order valence-corrected chi connectivity index (χ3v) is 5.01. The number of likely N-dealkylation sites (tertiary alicyclic amines) is 1. The number of likely N-dealkylation sites (N-methyl/N-ethyl adjacent to an activating group) is 1. The summed E-state index contributed by atoms with van der Waals surface area (Å²) in [6.07, 6.45) is 6.43. The number of carbonyl (C=O) groups is 1. The summed E-state index contributed by atoms with van der Waals surface area (Å²) in [4.78, 5) is 16.9. The summed E-state index contributed by atoms with van der Waals surface area (Å²) >= 11 is 0. The van der Waals surface area contributed by atoms with Gasteiger partial charge in [-0.2, -0.15) is 0 Å². The van der Waals surface area contributed by atoms with Gasteiger partial charge in [0.25, 0.3) is 0 Å². The number of nitrogens with zero attached hydrogens (tertiary/aromatic N) is 2. The van der Waals surface area contributed by atoms with E-state index < -0.39 is 0 Å². The van der Waals surface area contributed by atoms with E-state index in [1.807, 2.05) is 0 Å². The van der Waals surface area contributed by atoms with Crippen LogP contribution in [0.25, 0.3) is 0 Å². The van der Waals surface area contributed by atoms with Crippen LogP contribution in [-0.2, 0) is 4.79 Å². The van der Waals surface area contributed by atoms with Crippen molar-refractivity contribution >= 4 is 5.91 Å². The molecule has 1 amide bonds. The fourth-order valence-electron chi connectivity index (χ4n) is 3.49. The van der Waals surface area contributed by atoms with E-state index in [9.17, 15) is 4.79 Å². The van der Waals surface area contributed by atoms with Crippen molar-refractivity contribution in [1.82, 2.24) is 9.80 Å². The summed E-state index contributed by atoms with van der Waals surface area (Å²) in [5.74, 6) is 0.921. The molecule has 19 heavy (non-hydrogen) atoms. The van der Waals surface area contributed by atoms with Crippen LogP contribution in [0.5, 0.6) is 0 Å². The Kier molecular flexibility index (Phi) is 5.22. The van der Waals surface area contributed by atoms with E-state index >= 15 is 0 Å². The molecule has 2 N–H and O–H groups in total. The van der Waals surface area contributed by atoms with Crippen molar-refractivity contribution in [3.8, 4) is 0 Å². The number of carbonyl (C=O) groups excluding carboxylic acids is 1. The summed E-state index contributed by atoms with van der Waals surface area (Å²) in [6, 6.07) is 1.30. The molecule has 0 aliphatic carbocycles. The SMILES string of the molecule is CC(CCN)CCC(=O)N1CCC2CCC(C1)N2C. The predicted molar refractivity (Wildman–Crippen MR) is 77.8 cm³/mol. The molecule has 3 unspecified atom stereocenters. The summed E-state index contributed by atoms with van der Waals surface area (Å²) in [6.45, 7) is 4.82. The van der Waals surface area contributed by atoms with E-state index in [1.54, 1.807) is 0 Å². The maximum atomic E-state index is 12.3. The molecule has 2 heterocycles. The van der Waals surface area contributed by atoms with Gasteiger partial charge in [0.1, 0.15) is 0 Å². The van der Waals surface area contributed by atoms with Gasteiger partial charge in [-0.15, -0.1) is 0 Å². The van der Waals surface area contributed by atoms with Crippen LogP contribution in [0.3, 0.4) is 0 Å². The number of amides is 1. The second-order valence-electron chi connectivity index (χ2n) is 6.40. The Balaban J connectivity index is 1.80. The molecule has 0 aromatic carbocycles. The normalized spacial score (nSPS) is 29.3. The van der Waals surface area contributed by atoms with Gasteiger partial charge in [-0.3, -0.25) is 9.69 Å². The van der Waals surface area contributed by atoms with E-state index in [-0.39, 0.29) is 0 Å². The first kappa shape index (κ1) is 14.8. The van der Waals surface area contributed by atoms with Gasteiger partial charge in [0.05, 0.1) is 0 Å². The van der Waals surface area contributed by atoms with E-state index in [1.165, 1.54) is 12.8 Å². The molecule has 2 saturated heterocycles. The van der Waals surface area contributed by atoms with Crippen LogP contribution in [0.1, 0.15) is 45.4 Å². The van der Waals surface area contributed by atoms with Crippen LogP contribution in [0, 0.1) is 5.92 Å². The van der Waals surface area contributed by atoms with Gasteiger partial charge >= 0.3 is 0 Å². The lowest BCUT2D eigenvalue weighted by Gasteiger charge is -2.26. The van der Waals surface area contributed by atoms with E-state index in [0.717, 1.165) is 38.9 Å². The highest BCUT2D eigenvalue weighted by molar-refractivity contribution is 5.76. The van der Waals surface area contributed by atoms with E-state index in [0.29, 0.717) is 30.3 Å². The maximum absolute atomic E-state index is 12.3. The fraction of sp³-hybridized carbons (Fsp3) is 0.933. The van der Waals surface area contributed by atoms with Gasteiger partial charge in [-0.25, -0.2) is 0 Å². The van der Waals surface area contributed by atoms with Crippen molar-refractivity contribution in [1.29, 1.82) is 0 Å². The summed E-state index contributed by atoms with van der Waals surface area (Å²) < 4.78 is 0. The molecule has 3 atom stereocenters. The highest BCUT2D eigenvalue weighted by atomic mass is 16.2. The minimum atomic E-state index is 0.352. The predicted octanol–water partition coefficient (Wildman–Crippen LogP) is 1.45. The quantitative estimate of drug-likeness (QED) is 0.820. The second kappa shape index (κ2) is 6.71. The topological polar surface area (TPSA) is 49.6 Å². The van der Waals surface area contributed by atoms with Crippen molar-refractivity contribution in [2.24, 2.45) is 11.7 Å². The number of fused-ring (bicyclic) bond motifs is 2. The highest BCUT2D eigenvalue weighted by Gasteiger charge is 2.35. The first-order chi connectivity index (χ1) is 9.11. The lowest BCUT2D eigenvalue weighted by molar-refractivity contribution is -0.131. The van der Waals surface area contributed by atoms with Crippen molar-refractivity contribution in [3.63, 3.8) is 0 Å². The monoisotopic (exact) mass is 267 g/mol. The molecular formula is C15H29N3O. The lowest BCUT2D eigenvalue weighted by Crippen LogP contribution is -2.39. The molecule has 0 spiro atoms. The molecule has 0 aromatic rings.